The molecular formula is C24H28O3S. The smallest absolute Gasteiger partial charge is 0.337 e. The van der Waals surface area contributed by atoms with Crippen molar-refractivity contribution in [2.24, 2.45) is 0 Å². The minimum absolute atomic E-state index is 0.0210. The number of ether oxygens (including phenoxy) is 1. The van der Waals surface area contributed by atoms with Gasteiger partial charge in [-0.15, -0.1) is 0 Å². The summed E-state index contributed by atoms with van der Waals surface area (Å²) in [4.78, 5) is 25.4. The van der Waals surface area contributed by atoms with E-state index in [0.29, 0.717) is 11.1 Å². The maximum absolute atomic E-state index is 12.8. The summed E-state index contributed by atoms with van der Waals surface area (Å²) in [5, 5.41) is -0.0210. The third kappa shape index (κ3) is 3.88. The Labute approximate surface area is 171 Å². The Morgan fingerprint density at radius 2 is 1.39 bits per heavy atom. The lowest BCUT2D eigenvalue weighted by Gasteiger charge is -2.42. The first-order chi connectivity index (χ1) is 13.0. The van der Waals surface area contributed by atoms with E-state index in [9.17, 15) is 9.59 Å². The number of methoxy groups -OCH3 is 1. The Balaban J connectivity index is 1.91. The molecule has 3 rings (SSSR count). The van der Waals surface area contributed by atoms with Gasteiger partial charge in [-0.05, 0) is 89.4 Å². The molecule has 0 N–H and O–H groups in total. The predicted octanol–water partition coefficient (Wildman–Crippen LogP) is 6.06. The summed E-state index contributed by atoms with van der Waals surface area (Å²) in [6, 6.07) is 11.1. The second-order valence-electron chi connectivity index (χ2n) is 8.89. The van der Waals surface area contributed by atoms with E-state index in [0.717, 1.165) is 16.9 Å². The van der Waals surface area contributed by atoms with Gasteiger partial charge in [0.05, 0.1) is 12.7 Å². The maximum Gasteiger partial charge on any atom is 0.337 e. The zero-order chi connectivity index (χ0) is 20.7. The van der Waals surface area contributed by atoms with Crippen LogP contribution in [0, 0.1) is 6.92 Å². The fraction of sp³-hybridized carbons (Fsp3) is 0.417. The van der Waals surface area contributed by atoms with Gasteiger partial charge in [-0.1, -0.05) is 33.8 Å². The Kier molecular flexibility index (Phi) is 5.46. The molecule has 1 aliphatic carbocycles. The topological polar surface area (TPSA) is 43.4 Å². The summed E-state index contributed by atoms with van der Waals surface area (Å²) in [5.74, 6) is -0.401. The molecule has 0 heterocycles. The first-order valence-corrected chi connectivity index (χ1v) is 10.4. The number of fused-ring (bicyclic) bond motifs is 1. The van der Waals surface area contributed by atoms with Crippen LogP contribution in [0.25, 0.3) is 0 Å². The third-order valence-corrected chi connectivity index (χ3v) is 6.97. The van der Waals surface area contributed by atoms with E-state index in [1.165, 1.54) is 36.4 Å². The quantitative estimate of drug-likeness (QED) is 0.467. The zero-order valence-electron chi connectivity index (χ0n) is 17.5. The molecule has 0 fully saturated rings. The molecule has 28 heavy (non-hydrogen) atoms. The predicted molar refractivity (Wildman–Crippen MR) is 114 cm³/mol. The van der Waals surface area contributed by atoms with E-state index >= 15 is 0 Å². The largest absolute Gasteiger partial charge is 0.465 e. The van der Waals surface area contributed by atoms with Crippen LogP contribution in [0.15, 0.2) is 41.3 Å². The molecule has 1 aliphatic rings. The van der Waals surface area contributed by atoms with E-state index in [1.807, 2.05) is 0 Å². The van der Waals surface area contributed by atoms with Crippen LogP contribution in [0.4, 0.5) is 0 Å². The SMILES string of the molecule is COC(=O)c1ccc(C(=O)Sc2cc3c(cc2C)C(C)(C)CCC3(C)C)cc1. The normalized spacial score (nSPS) is 16.9. The molecule has 4 heteroatoms. The van der Waals surface area contributed by atoms with Gasteiger partial charge in [0.1, 0.15) is 0 Å². The highest BCUT2D eigenvalue weighted by atomic mass is 32.2. The third-order valence-electron chi connectivity index (χ3n) is 5.89. The second-order valence-corrected chi connectivity index (χ2v) is 9.90. The molecule has 148 valence electrons. The van der Waals surface area contributed by atoms with Crippen molar-refractivity contribution in [3.63, 3.8) is 0 Å². The second kappa shape index (κ2) is 7.40. The summed E-state index contributed by atoms with van der Waals surface area (Å²) in [6.45, 7) is 11.3. The number of esters is 1. The summed E-state index contributed by atoms with van der Waals surface area (Å²) in [7, 11) is 1.35. The molecular weight excluding hydrogens is 368 g/mol. The number of aryl methyl sites for hydroxylation is 1. The molecule has 0 aromatic heterocycles. The molecule has 0 bridgehead atoms. The van der Waals surface area contributed by atoms with Gasteiger partial charge >= 0.3 is 5.97 Å². The monoisotopic (exact) mass is 396 g/mol. The molecule has 0 spiro atoms. The Bertz CT molecular complexity index is 924. The van der Waals surface area contributed by atoms with Gasteiger partial charge in [0, 0.05) is 10.5 Å². The van der Waals surface area contributed by atoms with Crippen molar-refractivity contribution in [3.05, 3.63) is 64.2 Å². The number of carbonyl (C=O) groups excluding carboxylic acids is 2. The molecule has 0 saturated heterocycles. The molecule has 0 saturated carbocycles. The lowest BCUT2D eigenvalue weighted by atomic mass is 9.63. The van der Waals surface area contributed by atoms with Crippen LogP contribution in [-0.2, 0) is 15.6 Å². The maximum atomic E-state index is 12.8. The van der Waals surface area contributed by atoms with Crippen LogP contribution < -0.4 is 0 Å². The summed E-state index contributed by atoms with van der Waals surface area (Å²) in [5.41, 5.74) is 5.18. The van der Waals surface area contributed by atoms with Crippen LogP contribution in [0.2, 0.25) is 0 Å². The van der Waals surface area contributed by atoms with Crippen molar-refractivity contribution >= 4 is 22.8 Å². The number of rotatable bonds is 3. The Morgan fingerprint density at radius 3 is 1.93 bits per heavy atom. The van der Waals surface area contributed by atoms with Crippen LogP contribution in [0.5, 0.6) is 0 Å². The van der Waals surface area contributed by atoms with Crippen molar-refractivity contribution in [1.82, 2.24) is 0 Å². The van der Waals surface area contributed by atoms with Crippen molar-refractivity contribution in [3.8, 4) is 0 Å². The lowest BCUT2D eigenvalue weighted by Crippen LogP contribution is -2.34. The molecule has 0 radical (unpaired) electrons. The van der Waals surface area contributed by atoms with Gasteiger partial charge in [0.15, 0.2) is 0 Å². The number of hydrogen-bond acceptors (Lipinski definition) is 4. The van der Waals surface area contributed by atoms with Crippen LogP contribution in [0.3, 0.4) is 0 Å². The van der Waals surface area contributed by atoms with Gasteiger partial charge in [-0.2, -0.15) is 0 Å². The van der Waals surface area contributed by atoms with Gasteiger partial charge < -0.3 is 4.74 Å². The molecule has 2 aromatic carbocycles. The van der Waals surface area contributed by atoms with Crippen molar-refractivity contribution in [2.75, 3.05) is 7.11 Å². The molecule has 0 amide bonds. The molecule has 0 atom stereocenters. The van der Waals surface area contributed by atoms with Gasteiger partial charge in [0.25, 0.3) is 0 Å². The van der Waals surface area contributed by atoms with Crippen molar-refractivity contribution in [2.45, 2.75) is 63.2 Å². The minimum atomic E-state index is -0.401. The molecule has 0 aliphatic heterocycles. The standard InChI is InChI=1S/C24H28O3S/c1-15-13-18-19(24(4,5)12-11-23(18,2)3)14-20(15)28-22(26)17-9-7-16(8-10-17)21(25)27-6/h7-10,13-14H,11-12H2,1-6H3. The van der Waals surface area contributed by atoms with Crippen LogP contribution >= 0.6 is 11.8 Å². The fourth-order valence-corrected chi connectivity index (χ4v) is 4.68. The van der Waals surface area contributed by atoms with E-state index in [-0.39, 0.29) is 15.9 Å². The van der Waals surface area contributed by atoms with E-state index in [1.54, 1.807) is 24.3 Å². The molecule has 3 nitrogen and oxygen atoms in total. The van der Waals surface area contributed by atoms with E-state index in [2.05, 4.69) is 46.8 Å². The van der Waals surface area contributed by atoms with Gasteiger partial charge in [-0.25, -0.2) is 4.79 Å². The summed E-state index contributed by atoms with van der Waals surface area (Å²) >= 11 is 1.26. The lowest BCUT2D eigenvalue weighted by molar-refractivity contribution is 0.0600. The average Bonchev–Trinajstić information content (AvgIpc) is 2.66. The Hall–Kier alpha value is -2.07. The highest BCUT2D eigenvalue weighted by Crippen LogP contribution is 2.47. The summed E-state index contributed by atoms with van der Waals surface area (Å²) < 4.78 is 4.71. The molecule has 2 aromatic rings. The zero-order valence-corrected chi connectivity index (χ0v) is 18.3. The summed E-state index contributed by atoms with van der Waals surface area (Å²) in [6.07, 6.45) is 2.31. The van der Waals surface area contributed by atoms with E-state index < -0.39 is 5.97 Å². The van der Waals surface area contributed by atoms with Gasteiger partial charge in [-0.3, -0.25) is 4.79 Å². The number of thioether (sulfide) groups is 1. The molecule has 0 unspecified atom stereocenters. The van der Waals surface area contributed by atoms with Gasteiger partial charge in [0.2, 0.25) is 5.12 Å². The van der Waals surface area contributed by atoms with Crippen molar-refractivity contribution < 1.29 is 14.3 Å². The fourth-order valence-electron chi connectivity index (χ4n) is 3.83. The Morgan fingerprint density at radius 1 is 0.893 bits per heavy atom. The number of carbonyl (C=O) groups is 2. The highest BCUT2D eigenvalue weighted by Gasteiger charge is 2.37. The first kappa shape index (κ1) is 20.7. The first-order valence-electron chi connectivity index (χ1n) is 9.61. The number of hydrogen-bond donors (Lipinski definition) is 0. The van der Waals surface area contributed by atoms with Crippen molar-refractivity contribution in [1.29, 1.82) is 0 Å². The highest BCUT2D eigenvalue weighted by molar-refractivity contribution is 8.14. The van der Waals surface area contributed by atoms with Crippen LogP contribution in [0.1, 0.15) is 77.9 Å². The van der Waals surface area contributed by atoms with Crippen LogP contribution in [-0.4, -0.2) is 18.2 Å². The van der Waals surface area contributed by atoms with E-state index in [4.69, 9.17) is 4.74 Å². The number of benzene rings is 2. The minimum Gasteiger partial charge on any atom is -0.465 e. The average molecular weight is 397 g/mol.